The number of hydrogen-bond acceptors (Lipinski definition) is 18. The fourth-order valence-corrected chi connectivity index (χ4v) is 7.58. The highest BCUT2D eigenvalue weighted by Gasteiger charge is 2.30. The summed E-state index contributed by atoms with van der Waals surface area (Å²) in [5.41, 5.74) is 0. The SMILES string of the molecule is CC(C)CCOC(=O)CCCCC(=O)OC1COC(C(C)C)OC1.CCCC1OCC(OC(=O)CCCCC(=O)OCCC(C)C)CO1.CCCCC(CC)C1OCC(OC(=O)CCCCC(=O)OCCC(C)C)CO1. The van der Waals surface area contributed by atoms with Gasteiger partial charge in [0.25, 0.3) is 0 Å². The van der Waals surface area contributed by atoms with Crippen molar-refractivity contribution in [2.45, 2.75) is 248 Å². The first kappa shape index (κ1) is 70.6. The number of carbonyl (C=O) groups is 6. The zero-order valence-electron chi connectivity index (χ0n) is 48.9. The van der Waals surface area contributed by atoms with E-state index >= 15 is 0 Å². The maximum atomic E-state index is 12.0. The van der Waals surface area contributed by atoms with Crippen molar-refractivity contribution in [1.82, 2.24) is 0 Å². The van der Waals surface area contributed by atoms with Crippen LogP contribution >= 0.6 is 0 Å². The molecular formula is C58H104O18. The molecule has 3 fully saturated rings. The largest absolute Gasteiger partial charge is 0.466 e. The molecule has 3 aliphatic heterocycles. The lowest BCUT2D eigenvalue weighted by Gasteiger charge is -2.33. The van der Waals surface area contributed by atoms with Crippen LogP contribution in [-0.2, 0) is 85.6 Å². The van der Waals surface area contributed by atoms with Gasteiger partial charge in [0, 0.05) is 50.4 Å². The summed E-state index contributed by atoms with van der Waals surface area (Å²) in [6.45, 7) is 26.7. The van der Waals surface area contributed by atoms with Gasteiger partial charge < -0.3 is 56.8 Å². The molecule has 0 aromatic rings. The van der Waals surface area contributed by atoms with Crippen LogP contribution in [0.5, 0.6) is 0 Å². The summed E-state index contributed by atoms with van der Waals surface area (Å²) in [7, 11) is 0. The molecule has 0 aliphatic carbocycles. The summed E-state index contributed by atoms with van der Waals surface area (Å²) in [5.74, 6) is 0.863. The third-order valence-corrected chi connectivity index (χ3v) is 12.4. The van der Waals surface area contributed by atoms with E-state index in [9.17, 15) is 28.8 Å². The van der Waals surface area contributed by atoms with Crippen LogP contribution in [0.3, 0.4) is 0 Å². The van der Waals surface area contributed by atoms with Crippen molar-refractivity contribution >= 4 is 35.8 Å². The Labute approximate surface area is 457 Å². The smallest absolute Gasteiger partial charge is 0.306 e. The molecule has 76 heavy (non-hydrogen) atoms. The average molecular weight is 1090 g/mol. The van der Waals surface area contributed by atoms with Crippen molar-refractivity contribution in [1.29, 1.82) is 0 Å². The molecular weight excluding hydrogens is 985 g/mol. The van der Waals surface area contributed by atoms with E-state index in [0.29, 0.717) is 160 Å². The molecule has 3 saturated heterocycles. The van der Waals surface area contributed by atoms with Crippen LogP contribution < -0.4 is 0 Å². The zero-order valence-corrected chi connectivity index (χ0v) is 48.9. The minimum atomic E-state index is -0.339. The standard InChI is InChI=1S/C22H40O6.2C18H32O6/c1-5-7-10-18(6-2)22-26-15-19(16-27-22)28-21(24)12-9-8-11-20(23)25-14-13-17(3)4;1-13(2)9-10-21-16(19)7-5-6-8-17(20)24-15-11-22-18(14(3)4)23-12-15;1-4-7-18-22-12-15(13-23-18)24-17(20)9-6-5-8-16(19)21-11-10-14(2)3/h17-19,22H,5-16H2,1-4H3;13-15,18H,5-12H2,1-4H3;14-15,18H,4-13H2,1-3H3. The van der Waals surface area contributed by atoms with Gasteiger partial charge in [-0.1, -0.05) is 95.4 Å². The first-order valence-electron chi connectivity index (χ1n) is 29.1. The van der Waals surface area contributed by atoms with E-state index in [0.717, 1.165) is 44.9 Å². The summed E-state index contributed by atoms with van der Waals surface area (Å²) in [5, 5.41) is 0. The summed E-state index contributed by atoms with van der Waals surface area (Å²) in [6, 6.07) is 0. The van der Waals surface area contributed by atoms with Gasteiger partial charge in [0.1, 0.15) is 18.3 Å². The monoisotopic (exact) mass is 1090 g/mol. The molecule has 3 heterocycles. The third-order valence-electron chi connectivity index (χ3n) is 12.4. The van der Waals surface area contributed by atoms with Gasteiger partial charge in [-0.25, -0.2) is 0 Å². The Bertz CT molecular complexity index is 1510. The van der Waals surface area contributed by atoms with E-state index in [1.54, 1.807) is 0 Å². The van der Waals surface area contributed by atoms with E-state index < -0.39 is 0 Å². The average Bonchev–Trinajstić information content (AvgIpc) is 3.37. The summed E-state index contributed by atoms with van der Waals surface area (Å²) >= 11 is 0. The maximum absolute atomic E-state index is 12.0. The predicted molar refractivity (Wildman–Crippen MR) is 286 cm³/mol. The Balaban J connectivity index is 0.000000572. The van der Waals surface area contributed by atoms with E-state index in [1.165, 1.54) is 12.8 Å². The van der Waals surface area contributed by atoms with Crippen LogP contribution in [0.4, 0.5) is 0 Å². The molecule has 0 radical (unpaired) electrons. The molecule has 0 aromatic heterocycles. The first-order chi connectivity index (χ1) is 36.3. The van der Waals surface area contributed by atoms with Crippen LogP contribution in [0, 0.1) is 29.6 Å². The molecule has 1 unspecified atom stereocenters. The zero-order chi connectivity index (χ0) is 56.5. The molecule has 0 amide bonds. The molecule has 0 aromatic carbocycles. The van der Waals surface area contributed by atoms with Crippen molar-refractivity contribution in [2.24, 2.45) is 29.6 Å². The fourth-order valence-electron chi connectivity index (χ4n) is 7.58. The topological polar surface area (TPSA) is 213 Å². The van der Waals surface area contributed by atoms with Crippen LogP contribution in [0.1, 0.15) is 211 Å². The van der Waals surface area contributed by atoms with Gasteiger partial charge in [-0.2, -0.15) is 0 Å². The summed E-state index contributed by atoms with van der Waals surface area (Å²) < 4.78 is 65.0. The van der Waals surface area contributed by atoms with Crippen molar-refractivity contribution in [2.75, 3.05) is 59.5 Å². The second-order valence-electron chi connectivity index (χ2n) is 21.7. The van der Waals surface area contributed by atoms with Crippen LogP contribution in [0.2, 0.25) is 0 Å². The van der Waals surface area contributed by atoms with E-state index in [1.807, 2.05) is 13.8 Å². The second kappa shape index (κ2) is 44.4. The molecule has 0 spiro atoms. The van der Waals surface area contributed by atoms with Gasteiger partial charge >= 0.3 is 35.8 Å². The van der Waals surface area contributed by atoms with Gasteiger partial charge in [-0.15, -0.1) is 0 Å². The molecule has 18 heteroatoms. The van der Waals surface area contributed by atoms with E-state index in [-0.39, 0.29) is 78.9 Å². The number of esters is 6. The van der Waals surface area contributed by atoms with Gasteiger partial charge in [-0.3, -0.25) is 28.8 Å². The summed E-state index contributed by atoms with van der Waals surface area (Å²) in [6.07, 6.45) is 13.0. The molecule has 0 saturated carbocycles. The van der Waals surface area contributed by atoms with Crippen molar-refractivity contribution < 1.29 is 85.6 Å². The molecule has 1 atom stereocenters. The minimum Gasteiger partial charge on any atom is -0.466 e. The lowest BCUT2D eigenvalue weighted by atomic mass is 9.98. The van der Waals surface area contributed by atoms with Crippen molar-refractivity contribution in [3.05, 3.63) is 0 Å². The van der Waals surface area contributed by atoms with Gasteiger partial charge in [0.15, 0.2) is 18.9 Å². The number of rotatable bonds is 35. The Morgan fingerprint density at radius 1 is 0.395 bits per heavy atom. The van der Waals surface area contributed by atoms with Crippen LogP contribution in [0.25, 0.3) is 0 Å². The lowest BCUT2D eigenvalue weighted by molar-refractivity contribution is -0.245. The lowest BCUT2D eigenvalue weighted by Crippen LogP contribution is -2.41. The molecule has 0 N–H and O–H groups in total. The van der Waals surface area contributed by atoms with Crippen molar-refractivity contribution in [3.8, 4) is 0 Å². The van der Waals surface area contributed by atoms with Crippen LogP contribution in [-0.4, -0.2) is 132 Å². The molecule has 0 bridgehead atoms. The number of carbonyl (C=O) groups excluding carboxylic acids is 6. The van der Waals surface area contributed by atoms with Crippen LogP contribution in [0.15, 0.2) is 0 Å². The molecule has 444 valence electrons. The Morgan fingerprint density at radius 3 is 1.00 bits per heavy atom. The van der Waals surface area contributed by atoms with Gasteiger partial charge in [-0.05, 0) is 94.8 Å². The quantitative estimate of drug-likeness (QED) is 0.0328. The predicted octanol–water partition coefficient (Wildman–Crippen LogP) is 10.9. The fraction of sp³-hybridized carbons (Fsp3) is 0.897. The van der Waals surface area contributed by atoms with E-state index in [2.05, 4.69) is 62.3 Å². The summed E-state index contributed by atoms with van der Waals surface area (Å²) in [4.78, 5) is 70.1. The third kappa shape index (κ3) is 38.2. The highest BCUT2D eigenvalue weighted by atomic mass is 16.7. The number of unbranched alkanes of at least 4 members (excludes halogenated alkanes) is 4. The first-order valence-corrected chi connectivity index (χ1v) is 29.1. The highest BCUT2D eigenvalue weighted by Crippen LogP contribution is 2.24. The number of ether oxygens (including phenoxy) is 12. The Kier molecular flexibility index (Phi) is 41.3. The molecule has 3 aliphatic rings. The number of hydrogen-bond donors (Lipinski definition) is 0. The molecule has 3 rings (SSSR count). The highest BCUT2D eigenvalue weighted by molar-refractivity contribution is 5.72. The minimum absolute atomic E-state index is 0.174. The van der Waals surface area contributed by atoms with Gasteiger partial charge in [0.05, 0.1) is 59.5 Å². The van der Waals surface area contributed by atoms with Gasteiger partial charge in [0.2, 0.25) is 0 Å². The Hall–Kier alpha value is -3.42. The Morgan fingerprint density at radius 2 is 0.711 bits per heavy atom. The normalized spacial score (nSPS) is 20.9. The molecule has 18 nitrogen and oxygen atoms in total. The van der Waals surface area contributed by atoms with E-state index in [4.69, 9.17) is 56.8 Å². The second-order valence-corrected chi connectivity index (χ2v) is 21.7. The van der Waals surface area contributed by atoms with Crippen molar-refractivity contribution in [3.63, 3.8) is 0 Å². The maximum Gasteiger partial charge on any atom is 0.306 e.